The Morgan fingerprint density at radius 2 is 2.28 bits per heavy atom. The number of H-pyrrole nitrogens is 1. The van der Waals surface area contributed by atoms with Crippen molar-refractivity contribution in [3.63, 3.8) is 0 Å². The van der Waals surface area contributed by atoms with Gasteiger partial charge in [0, 0.05) is 41.7 Å². The topological polar surface area (TPSA) is 105 Å². The minimum atomic E-state index is -0.940. The monoisotopic (exact) mass is 341 g/mol. The number of nitrogens with zero attached hydrogens (tertiary/aromatic N) is 3. The van der Waals surface area contributed by atoms with E-state index in [1.54, 1.807) is 0 Å². The van der Waals surface area contributed by atoms with Gasteiger partial charge in [-0.15, -0.1) is 0 Å². The van der Waals surface area contributed by atoms with Crippen molar-refractivity contribution in [3.8, 4) is 11.4 Å². The number of aromatic nitrogens is 4. The van der Waals surface area contributed by atoms with Gasteiger partial charge in [-0.3, -0.25) is 4.79 Å². The Hall–Kier alpha value is -2.71. The molecule has 0 saturated carbocycles. The molecule has 0 unspecified atom stereocenters. The highest BCUT2D eigenvalue weighted by Gasteiger charge is 2.21. The fraction of sp³-hybridized carbons (Fsp3) is 0.353. The molecule has 1 aliphatic heterocycles. The van der Waals surface area contributed by atoms with Crippen LogP contribution in [0.5, 0.6) is 0 Å². The fourth-order valence-corrected chi connectivity index (χ4v) is 3.12. The number of hydrogen-bond donors (Lipinski definition) is 3. The molecule has 1 aromatic carbocycles. The molecule has 2 aromatic heterocycles. The minimum Gasteiger partial charge on any atom is -0.480 e. The lowest BCUT2D eigenvalue weighted by molar-refractivity contribution is -0.137. The van der Waals surface area contributed by atoms with Crippen molar-refractivity contribution in [2.75, 3.05) is 19.8 Å². The summed E-state index contributed by atoms with van der Waals surface area (Å²) in [7, 11) is 0. The molecule has 1 saturated heterocycles. The minimum absolute atomic E-state index is 0.112. The van der Waals surface area contributed by atoms with Gasteiger partial charge in [-0.05, 0) is 6.07 Å². The zero-order valence-electron chi connectivity index (χ0n) is 13.6. The lowest BCUT2D eigenvalue weighted by Gasteiger charge is -2.23. The second kappa shape index (κ2) is 6.66. The van der Waals surface area contributed by atoms with Crippen molar-refractivity contribution in [1.82, 2.24) is 25.1 Å². The summed E-state index contributed by atoms with van der Waals surface area (Å²) >= 11 is 0. The van der Waals surface area contributed by atoms with Gasteiger partial charge in [-0.2, -0.15) is 5.10 Å². The second-order valence-electron chi connectivity index (χ2n) is 6.08. The lowest BCUT2D eigenvalue weighted by Crippen LogP contribution is -2.43. The van der Waals surface area contributed by atoms with Crippen LogP contribution in [0.2, 0.25) is 0 Å². The standard InChI is InChI=1S/C17H19N5O3/c23-16(24)9-22-15(7-11-10-25-6-5-18-11)20-17(21-22)13-8-19-14-4-2-1-3-12(13)14/h1-4,8,11,18-19H,5-7,9-10H2,(H,23,24)/t11-/m1/s1. The molecule has 1 aliphatic rings. The molecule has 0 amide bonds. The summed E-state index contributed by atoms with van der Waals surface area (Å²) in [4.78, 5) is 19.0. The first-order valence-corrected chi connectivity index (χ1v) is 8.24. The number of benzene rings is 1. The summed E-state index contributed by atoms with van der Waals surface area (Å²) in [5.74, 6) is 0.237. The average molecular weight is 341 g/mol. The summed E-state index contributed by atoms with van der Waals surface area (Å²) in [6.07, 6.45) is 2.43. The Morgan fingerprint density at radius 3 is 3.08 bits per heavy atom. The summed E-state index contributed by atoms with van der Waals surface area (Å²) < 4.78 is 6.94. The molecular weight excluding hydrogens is 322 g/mol. The molecule has 130 valence electrons. The Morgan fingerprint density at radius 1 is 1.40 bits per heavy atom. The van der Waals surface area contributed by atoms with Crippen LogP contribution in [0.25, 0.3) is 22.3 Å². The third-order valence-corrected chi connectivity index (χ3v) is 4.29. The van der Waals surface area contributed by atoms with Crippen LogP contribution in [-0.4, -0.2) is 56.6 Å². The van der Waals surface area contributed by atoms with Crippen LogP contribution in [0.15, 0.2) is 30.5 Å². The van der Waals surface area contributed by atoms with E-state index >= 15 is 0 Å². The number of nitrogens with one attached hydrogen (secondary N) is 2. The van der Waals surface area contributed by atoms with E-state index in [-0.39, 0.29) is 12.6 Å². The number of rotatable bonds is 5. The predicted molar refractivity (Wildman–Crippen MR) is 91.3 cm³/mol. The maximum Gasteiger partial charge on any atom is 0.325 e. The van der Waals surface area contributed by atoms with Gasteiger partial charge in [0.1, 0.15) is 12.4 Å². The van der Waals surface area contributed by atoms with Crippen molar-refractivity contribution in [2.24, 2.45) is 0 Å². The molecule has 8 heteroatoms. The molecule has 0 bridgehead atoms. The maximum absolute atomic E-state index is 11.2. The van der Waals surface area contributed by atoms with Crippen LogP contribution < -0.4 is 5.32 Å². The second-order valence-corrected chi connectivity index (χ2v) is 6.08. The van der Waals surface area contributed by atoms with E-state index in [1.807, 2.05) is 30.5 Å². The largest absolute Gasteiger partial charge is 0.480 e. The van der Waals surface area contributed by atoms with Gasteiger partial charge < -0.3 is 20.1 Å². The van der Waals surface area contributed by atoms with Crippen LogP contribution in [0, 0.1) is 0 Å². The molecule has 8 nitrogen and oxygen atoms in total. The summed E-state index contributed by atoms with van der Waals surface area (Å²) in [6, 6.07) is 8.01. The molecule has 1 fully saturated rings. The number of carboxylic acid groups (broad SMARTS) is 1. The molecule has 3 N–H and O–H groups in total. The highest BCUT2D eigenvalue weighted by molar-refractivity contribution is 5.93. The Kier molecular flexibility index (Phi) is 4.21. The van der Waals surface area contributed by atoms with E-state index in [0.717, 1.165) is 23.0 Å². The van der Waals surface area contributed by atoms with Crippen molar-refractivity contribution in [2.45, 2.75) is 19.0 Å². The van der Waals surface area contributed by atoms with Crippen LogP contribution in [0.1, 0.15) is 5.82 Å². The number of morpholine rings is 1. The number of carboxylic acids is 1. The molecule has 3 aromatic rings. The first-order chi connectivity index (χ1) is 12.2. The first kappa shape index (κ1) is 15.8. The first-order valence-electron chi connectivity index (χ1n) is 8.24. The van der Waals surface area contributed by atoms with Crippen molar-refractivity contribution in [3.05, 3.63) is 36.3 Å². The van der Waals surface area contributed by atoms with Crippen LogP contribution in [0.3, 0.4) is 0 Å². The molecule has 25 heavy (non-hydrogen) atoms. The summed E-state index contributed by atoms with van der Waals surface area (Å²) in [5, 5.41) is 18.0. The Bertz CT molecular complexity index is 895. The molecule has 1 atom stereocenters. The predicted octanol–water partition coefficient (Wildman–Crippen LogP) is 1.04. The van der Waals surface area contributed by atoms with Crippen LogP contribution in [-0.2, 0) is 22.5 Å². The average Bonchev–Trinajstić information content (AvgIpc) is 3.20. The Balaban J connectivity index is 1.69. The van der Waals surface area contributed by atoms with Gasteiger partial charge in [0.15, 0.2) is 5.82 Å². The molecule has 0 aliphatic carbocycles. The van der Waals surface area contributed by atoms with E-state index < -0.39 is 5.97 Å². The third kappa shape index (κ3) is 3.26. The van der Waals surface area contributed by atoms with Crippen molar-refractivity contribution < 1.29 is 14.6 Å². The van der Waals surface area contributed by atoms with Crippen molar-refractivity contribution in [1.29, 1.82) is 0 Å². The lowest BCUT2D eigenvalue weighted by atomic mass is 10.1. The third-order valence-electron chi connectivity index (χ3n) is 4.29. The number of hydrogen-bond acceptors (Lipinski definition) is 5. The number of para-hydroxylation sites is 1. The normalized spacial score (nSPS) is 17.8. The molecule has 0 spiro atoms. The molecule has 3 heterocycles. The smallest absolute Gasteiger partial charge is 0.325 e. The molecular formula is C17H19N5O3. The van der Waals surface area contributed by atoms with Gasteiger partial charge in [-0.1, -0.05) is 18.2 Å². The van der Waals surface area contributed by atoms with E-state index in [0.29, 0.717) is 31.3 Å². The Labute approximate surface area is 143 Å². The van der Waals surface area contributed by atoms with Crippen LogP contribution in [0.4, 0.5) is 0 Å². The zero-order valence-corrected chi connectivity index (χ0v) is 13.6. The van der Waals surface area contributed by atoms with E-state index in [9.17, 15) is 9.90 Å². The number of carbonyl (C=O) groups is 1. The fourth-order valence-electron chi connectivity index (χ4n) is 3.12. The summed E-state index contributed by atoms with van der Waals surface area (Å²) in [5.41, 5.74) is 1.87. The van der Waals surface area contributed by atoms with Crippen molar-refractivity contribution >= 4 is 16.9 Å². The van der Waals surface area contributed by atoms with E-state index in [1.165, 1.54) is 4.68 Å². The number of aliphatic carboxylic acids is 1. The number of fused-ring (bicyclic) bond motifs is 1. The summed E-state index contributed by atoms with van der Waals surface area (Å²) in [6.45, 7) is 1.85. The highest BCUT2D eigenvalue weighted by atomic mass is 16.5. The van der Waals surface area contributed by atoms with Gasteiger partial charge in [0.2, 0.25) is 0 Å². The van der Waals surface area contributed by atoms with E-state index in [4.69, 9.17) is 4.74 Å². The molecule has 0 radical (unpaired) electrons. The SMILES string of the molecule is O=C(O)Cn1nc(-c2c[nH]c3ccccc23)nc1C[C@@H]1COCCN1. The van der Waals surface area contributed by atoms with Gasteiger partial charge in [0.05, 0.1) is 13.2 Å². The highest BCUT2D eigenvalue weighted by Crippen LogP contribution is 2.26. The number of ether oxygens (including phenoxy) is 1. The van der Waals surface area contributed by atoms with Crippen LogP contribution >= 0.6 is 0 Å². The van der Waals surface area contributed by atoms with Gasteiger partial charge in [-0.25, -0.2) is 9.67 Å². The van der Waals surface area contributed by atoms with Gasteiger partial charge in [0.25, 0.3) is 0 Å². The van der Waals surface area contributed by atoms with E-state index in [2.05, 4.69) is 20.4 Å². The van der Waals surface area contributed by atoms with Gasteiger partial charge >= 0.3 is 5.97 Å². The maximum atomic E-state index is 11.2. The molecule has 4 rings (SSSR count). The quantitative estimate of drug-likeness (QED) is 0.640. The zero-order chi connectivity index (χ0) is 17.2. The number of aromatic amines is 1.